The van der Waals surface area contributed by atoms with Crippen molar-refractivity contribution in [2.75, 3.05) is 44.2 Å². The molecule has 0 saturated carbocycles. The fraction of sp³-hybridized carbons (Fsp3) is 0.571. The van der Waals surface area contributed by atoms with Crippen LogP contribution in [0, 0.1) is 19.8 Å². The van der Waals surface area contributed by atoms with Crippen molar-refractivity contribution in [1.82, 2.24) is 29.8 Å². The maximum atomic E-state index is 12.9. The van der Waals surface area contributed by atoms with Gasteiger partial charge in [-0.25, -0.2) is 4.68 Å². The number of aromatic nitrogens is 4. The summed E-state index contributed by atoms with van der Waals surface area (Å²) in [5.74, 6) is 1.90. The molecule has 9 nitrogen and oxygen atoms in total. The highest BCUT2D eigenvalue weighted by atomic mass is 16.2. The van der Waals surface area contributed by atoms with Gasteiger partial charge in [0.25, 0.3) is 0 Å². The van der Waals surface area contributed by atoms with Crippen LogP contribution in [0.4, 0.5) is 5.82 Å². The highest BCUT2D eigenvalue weighted by Crippen LogP contribution is 2.24. The van der Waals surface area contributed by atoms with Gasteiger partial charge in [0, 0.05) is 57.8 Å². The number of aryl methyl sites for hydroxylation is 2. The Morgan fingerprint density at radius 3 is 2.03 bits per heavy atom. The van der Waals surface area contributed by atoms with Gasteiger partial charge in [-0.3, -0.25) is 9.59 Å². The Hall–Kier alpha value is -2.97. The first kappa shape index (κ1) is 20.3. The van der Waals surface area contributed by atoms with Crippen LogP contribution in [0.5, 0.6) is 0 Å². The second-order valence-corrected chi connectivity index (χ2v) is 8.18. The first-order valence-corrected chi connectivity index (χ1v) is 10.6. The van der Waals surface area contributed by atoms with Crippen molar-refractivity contribution in [2.24, 2.45) is 5.92 Å². The van der Waals surface area contributed by atoms with E-state index in [9.17, 15) is 9.59 Å². The normalized spacial score (nSPS) is 18.0. The minimum atomic E-state index is 0.0482. The second-order valence-electron chi connectivity index (χ2n) is 8.18. The Bertz CT molecular complexity index is 908. The van der Waals surface area contributed by atoms with Crippen molar-refractivity contribution < 1.29 is 9.59 Å². The summed E-state index contributed by atoms with van der Waals surface area (Å²) in [6.07, 6.45) is 1.62. The lowest BCUT2D eigenvalue weighted by molar-refractivity contribution is -0.141. The fourth-order valence-corrected chi connectivity index (χ4v) is 4.32. The maximum Gasteiger partial charge on any atom is 0.225 e. The van der Waals surface area contributed by atoms with Crippen LogP contribution in [0.1, 0.15) is 31.2 Å². The molecule has 0 spiro atoms. The van der Waals surface area contributed by atoms with Crippen LogP contribution in [-0.4, -0.2) is 80.9 Å². The van der Waals surface area contributed by atoms with Crippen LogP contribution >= 0.6 is 0 Å². The highest BCUT2D eigenvalue weighted by molar-refractivity contribution is 5.80. The Morgan fingerprint density at radius 2 is 1.50 bits per heavy atom. The smallest absolute Gasteiger partial charge is 0.225 e. The molecule has 2 aromatic rings. The molecule has 2 saturated heterocycles. The summed E-state index contributed by atoms with van der Waals surface area (Å²) in [6.45, 7) is 9.66. The monoisotopic (exact) mass is 411 g/mol. The molecule has 0 aliphatic carbocycles. The minimum absolute atomic E-state index is 0.0482. The van der Waals surface area contributed by atoms with Crippen LogP contribution in [0.2, 0.25) is 0 Å². The molecule has 0 unspecified atom stereocenters. The zero-order valence-corrected chi connectivity index (χ0v) is 17.9. The second kappa shape index (κ2) is 8.41. The van der Waals surface area contributed by atoms with Gasteiger partial charge in [-0.1, -0.05) is 0 Å². The van der Waals surface area contributed by atoms with Crippen molar-refractivity contribution in [3.05, 3.63) is 29.6 Å². The summed E-state index contributed by atoms with van der Waals surface area (Å²) in [5, 5.41) is 13.2. The van der Waals surface area contributed by atoms with Crippen molar-refractivity contribution in [2.45, 2.75) is 33.6 Å². The number of carbonyl (C=O) groups is 2. The summed E-state index contributed by atoms with van der Waals surface area (Å²) >= 11 is 0. The van der Waals surface area contributed by atoms with Gasteiger partial charge in [-0.2, -0.15) is 5.10 Å². The van der Waals surface area contributed by atoms with E-state index < -0.39 is 0 Å². The van der Waals surface area contributed by atoms with Crippen LogP contribution in [0.3, 0.4) is 0 Å². The van der Waals surface area contributed by atoms with E-state index >= 15 is 0 Å². The van der Waals surface area contributed by atoms with E-state index in [0.717, 1.165) is 43.1 Å². The number of hydrogen-bond acceptors (Lipinski definition) is 6. The molecule has 30 heavy (non-hydrogen) atoms. The predicted octanol–water partition coefficient (Wildman–Crippen LogP) is 1.19. The van der Waals surface area contributed by atoms with E-state index in [0.29, 0.717) is 32.0 Å². The SMILES string of the molecule is CC(=O)N1CCN(C(=O)C2CCN(c3ccc(-n4nc(C)cc4C)nn3)CC2)CC1. The molecule has 2 aromatic heterocycles. The lowest BCUT2D eigenvalue weighted by Gasteiger charge is -2.38. The van der Waals surface area contributed by atoms with Crippen LogP contribution < -0.4 is 4.90 Å². The van der Waals surface area contributed by atoms with E-state index in [-0.39, 0.29) is 17.7 Å². The minimum Gasteiger partial charge on any atom is -0.355 e. The summed E-state index contributed by atoms with van der Waals surface area (Å²) in [6, 6.07) is 5.92. The number of carbonyl (C=O) groups excluding carboxylic acids is 2. The molecule has 0 radical (unpaired) electrons. The van der Waals surface area contributed by atoms with E-state index in [4.69, 9.17) is 0 Å². The number of rotatable bonds is 3. The van der Waals surface area contributed by atoms with Crippen molar-refractivity contribution in [3.8, 4) is 5.82 Å². The topological polar surface area (TPSA) is 87.5 Å². The number of hydrogen-bond donors (Lipinski definition) is 0. The molecule has 0 atom stereocenters. The lowest BCUT2D eigenvalue weighted by atomic mass is 9.95. The quantitative estimate of drug-likeness (QED) is 0.754. The Balaban J connectivity index is 1.32. The molecule has 4 heterocycles. The average Bonchev–Trinajstić information content (AvgIpc) is 3.11. The number of piperidine rings is 1. The van der Waals surface area contributed by atoms with Crippen LogP contribution in [0.25, 0.3) is 5.82 Å². The van der Waals surface area contributed by atoms with Gasteiger partial charge in [-0.05, 0) is 44.9 Å². The van der Waals surface area contributed by atoms with E-state index in [1.54, 1.807) is 16.5 Å². The molecule has 0 N–H and O–H groups in total. The lowest BCUT2D eigenvalue weighted by Crippen LogP contribution is -2.52. The third-order valence-corrected chi connectivity index (χ3v) is 6.07. The third kappa shape index (κ3) is 4.15. The van der Waals surface area contributed by atoms with Crippen molar-refractivity contribution >= 4 is 17.6 Å². The fourth-order valence-electron chi connectivity index (χ4n) is 4.32. The highest BCUT2D eigenvalue weighted by Gasteiger charge is 2.31. The van der Waals surface area contributed by atoms with Gasteiger partial charge < -0.3 is 14.7 Å². The Morgan fingerprint density at radius 1 is 0.900 bits per heavy atom. The van der Waals surface area contributed by atoms with Gasteiger partial charge in [0.1, 0.15) is 0 Å². The average molecular weight is 412 g/mol. The van der Waals surface area contributed by atoms with Gasteiger partial charge in [0.2, 0.25) is 11.8 Å². The molecule has 2 aliphatic heterocycles. The first-order valence-electron chi connectivity index (χ1n) is 10.6. The zero-order valence-electron chi connectivity index (χ0n) is 17.9. The Kier molecular flexibility index (Phi) is 5.69. The van der Waals surface area contributed by atoms with E-state index in [1.165, 1.54) is 0 Å². The molecule has 0 aromatic carbocycles. The molecule has 2 fully saturated rings. The molecular weight excluding hydrogens is 382 g/mol. The molecule has 2 amide bonds. The van der Waals surface area contributed by atoms with Crippen molar-refractivity contribution in [3.63, 3.8) is 0 Å². The number of piperazine rings is 1. The van der Waals surface area contributed by atoms with E-state index in [2.05, 4.69) is 20.2 Å². The molecule has 9 heteroatoms. The summed E-state index contributed by atoms with van der Waals surface area (Å²) in [7, 11) is 0. The molecule has 4 rings (SSSR count). The largest absolute Gasteiger partial charge is 0.355 e. The molecule has 160 valence electrons. The van der Waals surface area contributed by atoms with Gasteiger partial charge in [0.05, 0.1) is 5.69 Å². The third-order valence-electron chi connectivity index (χ3n) is 6.07. The molecule has 2 aliphatic rings. The first-order chi connectivity index (χ1) is 14.4. The maximum absolute atomic E-state index is 12.9. The number of anilines is 1. The van der Waals surface area contributed by atoms with Gasteiger partial charge in [0.15, 0.2) is 11.6 Å². The summed E-state index contributed by atoms with van der Waals surface area (Å²) in [5.41, 5.74) is 1.98. The van der Waals surface area contributed by atoms with Crippen LogP contribution in [-0.2, 0) is 9.59 Å². The summed E-state index contributed by atoms with van der Waals surface area (Å²) in [4.78, 5) is 30.3. The number of nitrogens with zero attached hydrogens (tertiary/aromatic N) is 7. The van der Waals surface area contributed by atoms with Gasteiger partial charge in [-0.15, -0.1) is 10.2 Å². The predicted molar refractivity (Wildman–Crippen MR) is 112 cm³/mol. The van der Waals surface area contributed by atoms with Gasteiger partial charge >= 0.3 is 0 Å². The van der Waals surface area contributed by atoms with Crippen molar-refractivity contribution in [1.29, 1.82) is 0 Å². The van der Waals surface area contributed by atoms with Crippen LogP contribution in [0.15, 0.2) is 18.2 Å². The zero-order chi connectivity index (χ0) is 21.3. The standard InChI is InChI=1S/C21H29N7O2/c1-15-14-16(2)28(24-15)20-5-4-19(22-23-20)26-8-6-18(7-9-26)21(30)27-12-10-25(11-13-27)17(3)29/h4-5,14,18H,6-13H2,1-3H3. The molecule has 0 bridgehead atoms. The van der Waals surface area contributed by atoms with E-state index in [1.807, 2.05) is 36.9 Å². The molecular formula is C21H29N7O2. The Labute approximate surface area is 176 Å². The summed E-state index contributed by atoms with van der Waals surface area (Å²) < 4.78 is 1.79. The number of amides is 2.